The van der Waals surface area contributed by atoms with Crippen molar-refractivity contribution in [3.63, 3.8) is 0 Å². The fourth-order valence-electron chi connectivity index (χ4n) is 2.78. The third-order valence-corrected chi connectivity index (χ3v) is 5.28. The quantitative estimate of drug-likeness (QED) is 0.459. The van der Waals surface area contributed by atoms with E-state index in [1.165, 1.54) is 10.9 Å². The Labute approximate surface area is 164 Å². The van der Waals surface area contributed by atoms with Gasteiger partial charge in [0, 0.05) is 13.6 Å². The Morgan fingerprint density at radius 2 is 1.89 bits per heavy atom. The van der Waals surface area contributed by atoms with Crippen LogP contribution in [0.25, 0.3) is 0 Å². The molecule has 0 unspecified atom stereocenters. The van der Waals surface area contributed by atoms with Crippen molar-refractivity contribution >= 4 is 23.4 Å². The first kappa shape index (κ1) is 19.6. The molecule has 3 aromatic rings. The summed E-state index contributed by atoms with van der Waals surface area (Å²) in [6, 6.07) is 9.24. The lowest BCUT2D eigenvalue weighted by molar-refractivity contribution is 0.102. The van der Waals surface area contributed by atoms with Crippen LogP contribution in [0.4, 0.5) is 5.82 Å². The summed E-state index contributed by atoms with van der Waals surface area (Å²) in [4.78, 5) is 38.2. The minimum Gasteiger partial charge on any atom is -0.384 e. The summed E-state index contributed by atoms with van der Waals surface area (Å²) >= 11 is 1.15. The minimum atomic E-state index is -0.669. The Morgan fingerprint density at radius 3 is 2.50 bits per heavy atom. The molecular weight excluding hydrogens is 380 g/mol. The SMILES string of the molecule is CCn1c(=O)c(C(=O)CSc2nncn2C)c(N)n(Cc2ccccc2)c1=O. The van der Waals surface area contributed by atoms with Crippen molar-refractivity contribution in [2.75, 3.05) is 11.5 Å². The van der Waals surface area contributed by atoms with Gasteiger partial charge in [-0.25, -0.2) is 4.79 Å². The Hall–Kier alpha value is -3.14. The molecule has 3 rings (SSSR count). The van der Waals surface area contributed by atoms with Crippen LogP contribution >= 0.6 is 11.8 Å². The van der Waals surface area contributed by atoms with Crippen LogP contribution in [-0.2, 0) is 20.1 Å². The molecule has 0 aliphatic carbocycles. The fraction of sp³-hybridized carbons (Fsp3) is 0.278. The Bertz CT molecular complexity index is 1120. The molecule has 10 heteroatoms. The lowest BCUT2D eigenvalue weighted by Crippen LogP contribution is -2.44. The number of carbonyl (C=O) groups is 1. The van der Waals surface area contributed by atoms with Crippen LogP contribution in [0, 0.1) is 0 Å². The van der Waals surface area contributed by atoms with Crippen molar-refractivity contribution in [2.24, 2.45) is 7.05 Å². The van der Waals surface area contributed by atoms with Crippen LogP contribution in [0.1, 0.15) is 22.8 Å². The molecule has 0 fully saturated rings. The zero-order chi connectivity index (χ0) is 20.3. The van der Waals surface area contributed by atoms with E-state index >= 15 is 0 Å². The normalized spacial score (nSPS) is 10.9. The van der Waals surface area contributed by atoms with Crippen molar-refractivity contribution in [1.82, 2.24) is 23.9 Å². The third kappa shape index (κ3) is 3.77. The maximum Gasteiger partial charge on any atom is 0.332 e. The number of thioether (sulfide) groups is 1. The molecule has 1 aromatic carbocycles. The van der Waals surface area contributed by atoms with Crippen LogP contribution in [0.15, 0.2) is 51.4 Å². The summed E-state index contributed by atoms with van der Waals surface area (Å²) < 4.78 is 3.96. The van der Waals surface area contributed by atoms with E-state index in [2.05, 4.69) is 10.2 Å². The van der Waals surface area contributed by atoms with E-state index in [4.69, 9.17) is 5.73 Å². The van der Waals surface area contributed by atoms with E-state index in [0.717, 1.165) is 21.9 Å². The van der Waals surface area contributed by atoms with Gasteiger partial charge < -0.3 is 10.3 Å². The lowest BCUT2D eigenvalue weighted by atomic mass is 10.2. The highest BCUT2D eigenvalue weighted by atomic mass is 32.2. The molecular formula is C18H20N6O3S. The number of nitrogen functional groups attached to an aromatic ring is 1. The summed E-state index contributed by atoms with van der Waals surface area (Å²) in [5.74, 6) is -0.620. The number of hydrogen-bond acceptors (Lipinski definition) is 7. The molecule has 146 valence electrons. The second kappa shape index (κ2) is 8.26. The summed E-state index contributed by atoms with van der Waals surface area (Å²) in [6.45, 7) is 1.99. The summed E-state index contributed by atoms with van der Waals surface area (Å²) in [5.41, 5.74) is 5.58. The predicted octanol–water partition coefficient (Wildman–Crippen LogP) is 0.764. The summed E-state index contributed by atoms with van der Waals surface area (Å²) in [7, 11) is 1.76. The van der Waals surface area contributed by atoms with Gasteiger partial charge in [-0.3, -0.25) is 18.7 Å². The molecule has 0 aliphatic rings. The highest BCUT2D eigenvalue weighted by Crippen LogP contribution is 2.17. The van der Waals surface area contributed by atoms with Crippen molar-refractivity contribution in [1.29, 1.82) is 0 Å². The van der Waals surface area contributed by atoms with Gasteiger partial charge in [0.15, 0.2) is 10.9 Å². The predicted molar refractivity (Wildman–Crippen MR) is 107 cm³/mol. The van der Waals surface area contributed by atoms with E-state index in [9.17, 15) is 14.4 Å². The number of nitrogens with zero attached hydrogens (tertiary/aromatic N) is 5. The molecule has 28 heavy (non-hydrogen) atoms. The maximum absolute atomic E-state index is 12.8. The number of anilines is 1. The van der Waals surface area contributed by atoms with Crippen LogP contribution in [0.5, 0.6) is 0 Å². The Morgan fingerprint density at radius 1 is 1.18 bits per heavy atom. The topological polar surface area (TPSA) is 118 Å². The molecule has 2 heterocycles. The van der Waals surface area contributed by atoms with Crippen molar-refractivity contribution in [3.8, 4) is 0 Å². The largest absolute Gasteiger partial charge is 0.384 e. The summed E-state index contributed by atoms with van der Waals surface area (Å²) in [5, 5.41) is 8.20. The molecule has 0 amide bonds. The zero-order valence-corrected chi connectivity index (χ0v) is 16.3. The number of ketones is 1. The molecule has 0 spiro atoms. The molecule has 0 aliphatic heterocycles. The molecule has 0 radical (unpaired) electrons. The average Bonchev–Trinajstić information content (AvgIpc) is 3.09. The minimum absolute atomic E-state index is 0.0424. The third-order valence-electron chi connectivity index (χ3n) is 4.25. The second-order valence-corrected chi connectivity index (χ2v) is 7.04. The van der Waals surface area contributed by atoms with Crippen molar-refractivity contribution in [3.05, 3.63) is 68.6 Å². The van der Waals surface area contributed by atoms with Gasteiger partial charge in [0.05, 0.1) is 12.3 Å². The van der Waals surface area contributed by atoms with Crippen molar-refractivity contribution < 1.29 is 4.79 Å². The fourth-order valence-corrected chi connectivity index (χ4v) is 3.54. The number of nitrogens with two attached hydrogens (primary N) is 1. The van der Waals surface area contributed by atoms with Gasteiger partial charge in [0.1, 0.15) is 17.7 Å². The summed E-state index contributed by atoms with van der Waals surface area (Å²) in [6.07, 6.45) is 1.52. The van der Waals surface area contributed by atoms with Crippen molar-refractivity contribution in [2.45, 2.75) is 25.2 Å². The van der Waals surface area contributed by atoms with Gasteiger partial charge in [0.2, 0.25) is 0 Å². The monoisotopic (exact) mass is 400 g/mol. The Balaban J connectivity index is 2.01. The van der Waals surface area contributed by atoms with Gasteiger partial charge in [-0.15, -0.1) is 10.2 Å². The maximum atomic E-state index is 12.8. The van der Waals surface area contributed by atoms with Crippen LogP contribution in [-0.4, -0.2) is 35.4 Å². The first-order chi connectivity index (χ1) is 13.4. The number of hydrogen-bond donors (Lipinski definition) is 1. The van der Waals surface area contributed by atoms with Gasteiger partial charge in [-0.05, 0) is 12.5 Å². The number of benzene rings is 1. The number of Topliss-reactive ketones (excluding diaryl/α,β-unsaturated/α-hetero) is 1. The number of rotatable bonds is 7. The second-order valence-electron chi connectivity index (χ2n) is 6.10. The molecule has 9 nitrogen and oxygen atoms in total. The van der Waals surface area contributed by atoms with E-state index in [1.54, 1.807) is 18.5 Å². The lowest BCUT2D eigenvalue weighted by Gasteiger charge is -2.15. The van der Waals surface area contributed by atoms with Gasteiger partial charge >= 0.3 is 5.69 Å². The van der Waals surface area contributed by atoms with Gasteiger partial charge in [0.25, 0.3) is 5.56 Å². The average molecular weight is 400 g/mol. The van der Waals surface area contributed by atoms with Crippen LogP contribution in [0.3, 0.4) is 0 Å². The molecule has 2 aromatic heterocycles. The standard InChI is InChI=1S/C18H20N6O3S/c1-3-23-16(26)14(13(25)10-28-17-21-20-11-22(17)2)15(19)24(18(23)27)9-12-7-5-4-6-8-12/h4-8,11H,3,9-10,19H2,1-2H3. The zero-order valence-electron chi connectivity index (χ0n) is 15.5. The highest BCUT2D eigenvalue weighted by Gasteiger charge is 2.23. The van der Waals surface area contributed by atoms with E-state index in [0.29, 0.717) is 5.16 Å². The molecule has 0 saturated heterocycles. The van der Waals surface area contributed by atoms with Crippen LogP contribution < -0.4 is 17.0 Å². The molecule has 2 N–H and O–H groups in total. The first-order valence-electron chi connectivity index (χ1n) is 8.61. The highest BCUT2D eigenvalue weighted by molar-refractivity contribution is 7.99. The van der Waals surface area contributed by atoms with Crippen LogP contribution in [0.2, 0.25) is 0 Å². The van der Waals surface area contributed by atoms with E-state index < -0.39 is 17.0 Å². The smallest absolute Gasteiger partial charge is 0.332 e. The molecule has 0 saturated carbocycles. The van der Waals surface area contributed by atoms with E-state index in [-0.39, 0.29) is 30.2 Å². The Kier molecular flexibility index (Phi) is 5.78. The van der Waals surface area contributed by atoms with E-state index in [1.807, 2.05) is 30.3 Å². The first-order valence-corrected chi connectivity index (χ1v) is 9.59. The van der Waals surface area contributed by atoms with Gasteiger partial charge in [-0.1, -0.05) is 42.1 Å². The molecule has 0 bridgehead atoms. The number of aryl methyl sites for hydroxylation is 1. The molecule has 0 atom stereocenters. The van der Waals surface area contributed by atoms with Gasteiger partial charge in [-0.2, -0.15) is 0 Å². The number of aromatic nitrogens is 5. The number of carbonyl (C=O) groups excluding carboxylic acids is 1.